The van der Waals surface area contributed by atoms with Gasteiger partial charge in [0.25, 0.3) is 0 Å². The van der Waals surface area contributed by atoms with Crippen LogP contribution in [0.25, 0.3) is 0 Å². The maximum absolute atomic E-state index is 13.3. The second-order valence-corrected chi connectivity index (χ2v) is 7.05. The van der Waals surface area contributed by atoms with Gasteiger partial charge in [0.2, 0.25) is 0 Å². The van der Waals surface area contributed by atoms with Crippen LogP contribution >= 0.6 is 15.9 Å². The molecule has 32 heavy (non-hydrogen) atoms. The van der Waals surface area contributed by atoms with Crippen LogP contribution in [0.4, 0.5) is 35.1 Å². The number of nitrogens with one attached hydrogen (secondary N) is 1. The van der Waals surface area contributed by atoms with E-state index < -0.39 is 24.0 Å². The molecule has 0 aliphatic rings. The predicted molar refractivity (Wildman–Crippen MR) is 103 cm³/mol. The first-order valence-corrected chi connectivity index (χ1v) is 9.54. The van der Waals surface area contributed by atoms with Gasteiger partial charge in [-0.1, -0.05) is 12.1 Å². The lowest BCUT2D eigenvalue weighted by Crippen LogP contribution is -2.58. The molecule has 0 radical (unpaired) electrons. The first-order chi connectivity index (χ1) is 14.8. The number of alkyl halides is 7. The highest BCUT2D eigenvalue weighted by molar-refractivity contribution is 9.10. The summed E-state index contributed by atoms with van der Waals surface area (Å²) in [6.45, 7) is 1.73. The Balaban J connectivity index is 2.21. The molecular formula is C19H15BrF8N2O2. The first kappa shape index (κ1) is 25.7. The molecule has 0 amide bonds. The van der Waals surface area contributed by atoms with E-state index in [4.69, 9.17) is 9.47 Å². The largest absolute Gasteiger partial charge is 0.490 e. The van der Waals surface area contributed by atoms with E-state index in [1.807, 2.05) is 0 Å². The van der Waals surface area contributed by atoms with Crippen LogP contribution in [0.5, 0.6) is 11.5 Å². The molecule has 4 nitrogen and oxygen atoms in total. The maximum atomic E-state index is 13.3. The molecule has 0 unspecified atom stereocenters. The molecular weight excluding hydrogens is 520 g/mol. The summed E-state index contributed by atoms with van der Waals surface area (Å²) in [5.41, 5.74) is 1.05. The molecule has 0 spiro atoms. The monoisotopic (exact) mass is 534 g/mol. The molecule has 0 atom stereocenters. The second-order valence-electron chi connectivity index (χ2n) is 6.20. The summed E-state index contributed by atoms with van der Waals surface area (Å²) < 4.78 is 113. The third kappa shape index (κ3) is 6.02. The summed E-state index contributed by atoms with van der Waals surface area (Å²) in [6.07, 6.45) is -5.88. The summed E-state index contributed by atoms with van der Waals surface area (Å²) in [6, 6.07) is 2.42. The highest BCUT2D eigenvalue weighted by Gasteiger charge is 2.73. The molecule has 13 heteroatoms. The van der Waals surface area contributed by atoms with E-state index in [1.165, 1.54) is 30.3 Å². The van der Waals surface area contributed by atoms with Crippen LogP contribution in [0.2, 0.25) is 0 Å². The Labute approximate surface area is 185 Å². The quantitative estimate of drug-likeness (QED) is 0.178. The fourth-order valence-electron chi connectivity index (χ4n) is 2.28. The summed E-state index contributed by atoms with van der Waals surface area (Å²) in [4.78, 5) is 0. The Kier molecular flexibility index (Phi) is 7.97. The van der Waals surface area contributed by atoms with Crippen LogP contribution in [0, 0.1) is 5.82 Å². The van der Waals surface area contributed by atoms with E-state index in [0.29, 0.717) is 17.2 Å². The Morgan fingerprint density at radius 3 is 2.31 bits per heavy atom. The molecule has 1 N–H and O–H groups in total. The Morgan fingerprint density at radius 2 is 1.72 bits per heavy atom. The molecule has 176 valence electrons. The van der Waals surface area contributed by atoms with Crippen molar-refractivity contribution >= 4 is 22.1 Å². The Bertz CT molecular complexity index is 967. The van der Waals surface area contributed by atoms with Crippen LogP contribution in [-0.2, 0) is 6.61 Å². The molecule has 0 aliphatic heterocycles. The highest BCUT2D eigenvalue weighted by atomic mass is 79.9. The van der Waals surface area contributed by atoms with Crippen molar-refractivity contribution in [2.24, 2.45) is 5.10 Å². The van der Waals surface area contributed by atoms with Gasteiger partial charge in [-0.2, -0.15) is 35.8 Å². The van der Waals surface area contributed by atoms with Crippen LogP contribution in [0.1, 0.15) is 18.1 Å². The standard InChI is InChI=1S/C19H15BrF8N2O2/c1-2-31-15-8-12(9-29-30-19(27,28)17(22,23)18(24,25)26)7-14(20)16(15)32-10-11-4-3-5-13(21)6-11/h3-9,30H,2,10H2,1H3/b29-9+. The van der Waals surface area contributed by atoms with Crippen molar-refractivity contribution in [1.82, 2.24) is 5.43 Å². The molecule has 0 fully saturated rings. The van der Waals surface area contributed by atoms with Crippen molar-refractivity contribution in [2.45, 2.75) is 31.7 Å². The van der Waals surface area contributed by atoms with E-state index in [-0.39, 0.29) is 34.7 Å². The van der Waals surface area contributed by atoms with Gasteiger partial charge in [0.1, 0.15) is 12.4 Å². The molecule has 0 saturated carbocycles. The van der Waals surface area contributed by atoms with Crippen molar-refractivity contribution in [3.05, 3.63) is 57.8 Å². The number of benzene rings is 2. The van der Waals surface area contributed by atoms with Gasteiger partial charge in [0.15, 0.2) is 11.5 Å². The normalized spacial score (nSPS) is 12.8. The average molecular weight is 535 g/mol. The topological polar surface area (TPSA) is 42.8 Å². The Hall–Kier alpha value is -2.57. The number of nitrogens with zero attached hydrogens (tertiary/aromatic N) is 1. The lowest BCUT2D eigenvalue weighted by atomic mass is 10.2. The van der Waals surface area contributed by atoms with E-state index in [2.05, 4.69) is 21.0 Å². The zero-order valence-electron chi connectivity index (χ0n) is 16.1. The Morgan fingerprint density at radius 1 is 1.03 bits per heavy atom. The molecule has 2 aromatic rings. The molecule has 2 rings (SSSR count). The minimum Gasteiger partial charge on any atom is -0.490 e. The molecule has 0 aliphatic carbocycles. The predicted octanol–water partition coefficient (Wildman–Crippen LogP) is 6.28. The van der Waals surface area contributed by atoms with Crippen LogP contribution in [0.3, 0.4) is 0 Å². The van der Waals surface area contributed by atoms with Crippen LogP contribution < -0.4 is 14.9 Å². The van der Waals surface area contributed by atoms with E-state index in [0.717, 1.165) is 0 Å². The van der Waals surface area contributed by atoms with Gasteiger partial charge < -0.3 is 9.47 Å². The van der Waals surface area contributed by atoms with Crippen molar-refractivity contribution in [3.8, 4) is 11.5 Å². The molecule has 2 aromatic carbocycles. The van der Waals surface area contributed by atoms with E-state index in [9.17, 15) is 35.1 Å². The van der Waals surface area contributed by atoms with Crippen LogP contribution in [-0.4, -0.2) is 31.0 Å². The molecule has 0 heterocycles. The fraction of sp³-hybridized carbons (Fsp3) is 0.316. The van der Waals surface area contributed by atoms with E-state index in [1.54, 1.807) is 13.0 Å². The van der Waals surface area contributed by atoms with Gasteiger partial charge in [-0.3, -0.25) is 0 Å². The summed E-state index contributed by atoms with van der Waals surface area (Å²) in [5, 5.41) is 2.80. The summed E-state index contributed by atoms with van der Waals surface area (Å²) in [5.74, 6) is -6.56. The number of halogens is 9. The third-order valence-corrected chi connectivity index (χ3v) is 4.36. The zero-order valence-corrected chi connectivity index (χ0v) is 17.7. The molecule has 0 bridgehead atoms. The number of hydrogen-bond acceptors (Lipinski definition) is 4. The maximum Gasteiger partial charge on any atom is 0.462 e. The van der Waals surface area contributed by atoms with Crippen LogP contribution in [0.15, 0.2) is 46.0 Å². The van der Waals surface area contributed by atoms with Gasteiger partial charge in [0.05, 0.1) is 17.3 Å². The minimum atomic E-state index is -6.48. The lowest BCUT2D eigenvalue weighted by molar-refractivity contribution is -0.361. The van der Waals surface area contributed by atoms with Gasteiger partial charge in [0, 0.05) is 0 Å². The molecule has 0 saturated heterocycles. The summed E-state index contributed by atoms with van der Waals surface area (Å²) >= 11 is 3.17. The number of ether oxygens (including phenoxy) is 2. The lowest BCUT2D eigenvalue weighted by Gasteiger charge is -2.27. The van der Waals surface area contributed by atoms with Gasteiger partial charge in [-0.25, -0.2) is 9.82 Å². The van der Waals surface area contributed by atoms with E-state index >= 15 is 0 Å². The first-order valence-electron chi connectivity index (χ1n) is 8.74. The second kappa shape index (κ2) is 9.92. The number of hydrazone groups is 1. The highest BCUT2D eigenvalue weighted by Crippen LogP contribution is 2.45. The number of rotatable bonds is 9. The SMILES string of the molecule is CCOc1cc(/C=N/NC(F)(F)C(F)(F)C(F)(F)F)cc(Br)c1OCc1cccc(F)c1. The minimum absolute atomic E-state index is 0.0112. The van der Waals surface area contributed by atoms with Gasteiger partial charge in [-0.05, 0) is 58.2 Å². The van der Waals surface area contributed by atoms with Crippen molar-refractivity contribution in [2.75, 3.05) is 6.61 Å². The fourth-order valence-corrected chi connectivity index (χ4v) is 2.86. The zero-order chi connectivity index (χ0) is 24.2. The van der Waals surface area contributed by atoms with Gasteiger partial charge >= 0.3 is 18.1 Å². The third-order valence-electron chi connectivity index (χ3n) is 3.77. The smallest absolute Gasteiger partial charge is 0.462 e. The van der Waals surface area contributed by atoms with Gasteiger partial charge in [-0.15, -0.1) is 0 Å². The van der Waals surface area contributed by atoms with Crippen molar-refractivity contribution in [3.63, 3.8) is 0 Å². The van der Waals surface area contributed by atoms with Crippen molar-refractivity contribution in [1.29, 1.82) is 0 Å². The molecule has 0 aromatic heterocycles. The average Bonchev–Trinajstić information content (AvgIpc) is 2.66. The number of hydrogen-bond donors (Lipinski definition) is 1. The van der Waals surface area contributed by atoms with Crippen molar-refractivity contribution < 1.29 is 44.6 Å². The summed E-state index contributed by atoms with van der Waals surface area (Å²) in [7, 11) is 0.